The quantitative estimate of drug-likeness (QED) is 0.478. The molecule has 0 spiro atoms. The number of hydrogen-bond acceptors (Lipinski definition) is 5. The van der Waals surface area contributed by atoms with Crippen LogP contribution in [-0.4, -0.2) is 72.8 Å². The highest BCUT2D eigenvalue weighted by atomic mass is 16.5. The minimum atomic E-state index is -0.698. The number of nitrogens with one attached hydrogen (secondary N) is 2. The van der Waals surface area contributed by atoms with Gasteiger partial charge in [0.25, 0.3) is 5.91 Å². The molecule has 2 heterocycles. The molecule has 0 saturated carbocycles. The number of carbonyl (C=O) groups excluding carboxylic acids is 3. The summed E-state index contributed by atoms with van der Waals surface area (Å²) < 4.78 is 5.22. The van der Waals surface area contributed by atoms with Gasteiger partial charge in [-0.05, 0) is 68.5 Å². The first-order valence-corrected chi connectivity index (χ1v) is 12.5. The molecule has 4 rings (SSSR count). The molecule has 2 N–H and O–H groups in total. The van der Waals surface area contributed by atoms with Crippen LogP contribution in [-0.2, 0) is 9.59 Å². The van der Waals surface area contributed by atoms with Gasteiger partial charge >= 0.3 is 0 Å². The molecule has 0 bridgehead atoms. The smallest absolute Gasteiger partial charge is 0.257 e. The van der Waals surface area contributed by atoms with E-state index in [1.807, 2.05) is 11.0 Å². The predicted molar refractivity (Wildman–Crippen MR) is 138 cm³/mol. The van der Waals surface area contributed by atoms with Crippen LogP contribution in [0.2, 0.25) is 0 Å². The van der Waals surface area contributed by atoms with Crippen molar-refractivity contribution in [3.8, 4) is 5.75 Å². The highest BCUT2D eigenvalue weighted by molar-refractivity contribution is 6.10. The van der Waals surface area contributed by atoms with Gasteiger partial charge in [-0.15, -0.1) is 0 Å². The number of methoxy groups -OCH3 is 1. The summed E-state index contributed by atoms with van der Waals surface area (Å²) in [5, 5.41) is 5.96. The number of nitrogens with zero attached hydrogens (tertiary/aromatic N) is 3. The van der Waals surface area contributed by atoms with E-state index in [0.717, 1.165) is 38.8 Å². The van der Waals surface area contributed by atoms with Gasteiger partial charge in [-0.25, -0.2) is 4.99 Å². The van der Waals surface area contributed by atoms with Crippen molar-refractivity contribution in [1.29, 1.82) is 0 Å². The third kappa shape index (κ3) is 6.62. The first kappa shape index (κ1) is 25.2. The molecule has 3 amide bonds. The Bertz CT molecular complexity index is 1080. The van der Waals surface area contributed by atoms with Crippen LogP contribution >= 0.6 is 0 Å². The SMILES string of the molecule is COc1ccc(NC(=N[C@H]2CCCCN(CC(=O)N3CCCC3)C2=O)NC(=O)c2ccccc2)cc1. The van der Waals surface area contributed by atoms with Crippen molar-refractivity contribution >= 4 is 29.4 Å². The minimum absolute atomic E-state index is 0.0144. The fraction of sp³-hybridized carbons (Fsp3) is 0.407. The Kier molecular flexibility index (Phi) is 8.54. The van der Waals surface area contributed by atoms with Crippen LogP contribution in [0.15, 0.2) is 59.6 Å². The normalized spacial score (nSPS) is 18.5. The third-order valence-corrected chi connectivity index (χ3v) is 6.44. The van der Waals surface area contributed by atoms with Crippen LogP contribution in [0.5, 0.6) is 5.75 Å². The lowest BCUT2D eigenvalue weighted by molar-refractivity contribution is -0.140. The largest absolute Gasteiger partial charge is 0.497 e. The molecule has 0 radical (unpaired) electrons. The van der Waals surface area contributed by atoms with Crippen LogP contribution in [0.4, 0.5) is 5.69 Å². The highest BCUT2D eigenvalue weighted by Crippen LogP contribution is 2.18. The second-order valence-electron chi connectivity index (χ2n) is 9.01. The Morgan fingerprint density at radius 2 is 1.67 bits per heavy atom. The number of ether oxygens (including phenoxy) is 1. The van der Waals surface area contributed by atoms with Gasteiger partial charge in [0.15, 0.2) is 0 Å². The molecule has 2 aliphatic heterocycles. The number of guanidine groups is 1. The first-order chi connectivity index (χ1) is 17.5. The minimum Gasteiger partial charge on any atom is -0.497 e. The van der Waals surface area contributed by atoms with E-state index in [4.69, 9.17) is 4.74 Å². The molecule has 2 aliphatic rings. The Hall–Kier alpha value is -3.88. The monoisotopic (exact) mass is 491 g/mol. The maximum atomic E-state index is 13.4. The van der Waals surface area contributed by atoms with Crippen molar-refractivity contribution < 1.29 is 19.1 Å². The van der Waals surface area contributed by atoms with E-state index in [-0.39, 0.29) is 30.2 Å². The van der Waals surface area contributed by atoms with Crippen molar-refractivity contribution in [2.75, 3.05) is 38.6 Å². The van der Waals surface area contributed by atoms with Crippen LogP contribution in [0, 0.1) is 0 Å². The second-order valence-corrected chi connectivity index (χ2v) is 9.01. The molecule has 0 aromatic heterocycles. The molecule has 9 nitrogen and oxygen atoms in total. The Balaban J connectivity index is 1.54. The topological polar surface area (TPSA) is 103 Å². The van der Waals surface area contributed by atoms with Crippen LogP contribution < -0.4 is 15.4 Å². The summed E-state index contributed by atoms with van der Waals surface area (Å²) in [5.74, 6) is 0.338. The number of hydrogen-bond donors (Lipinski definition) is 2. The van der Waals surface area contributed by atoms with E-state index in [1.54, 1.807) is 60.5 Å². The number of carbonyl (C=O) groups is 3. The summed E-state index contributed by atoms with van der Waals surface area (Å²) in [5.41, 5.74) is 1.16. The van der Waals surface area contributed by atoms with Gasteiger partial charge in [0, 0.05) is 30.9 Å². The summed E-state index contributed by atoms with van der Waals surface area (Å²) >= 11 is 0. The average molecular weight is 492 g/mol. The van der Waals surface area contributed by atoms with Crippen LogP contribution in [0.1, 0.15) is 42.5 Å². The molecule has 2 aromatic rings. The highest BCUT2D eigenvalue weighted by Gasteiger charge is 2.30. The molecule has 2 aromatic carbocycles. The molecule has 0 aliphatic carbocycles. The molecule has 2 saturated heterocycles. The maximum absolute atomic E-state index is 13.4. The van der Waals surface area contributed by atoms with Gasteiger partial charge in [0.2, 0.25) is 17.8 Å². The molecule has 9 heteroatoms. The summed E-state index contributed by atoms with van der Waals surface area (Å²) in [6.45, 7) is 2.11. The van der Waals surface area contributed by atoms with Crippen molar-refractivity contribution in [3.63, 3.8) is 0 Å². The van der Waals surface area contributed by atoms with Gasteiger partial charge in [-0.3, -0.25) is 19.7 Å². The van der Waals surface area contributed by atoms with Crippen LogP contribution in [0.25, 0.3) is 0 Å². The number of benzene rings is 2. The number of amides is 3. The molecular formula is C27H33N5O4. The number of rotatable bonds is 6. The van der Waals surface area contributed by atoms with E-state index in [9.17, 15) is 14.4 Å². The third-order valence-electron chi connectivity index (χ3n) is 6.44. The molecule has 0 unspecified atom stereocenters. The van der Waals surface area contributed by atoms with Crippen molar-refractivity contribution in [2.24, 2.45) is 4.99 Å². The van der Waals surface area contributed by atoms with Crippen LogP contribution in [0.3, 0.4) is 0 Å². The summed E-state index contributed by atoms with van der Waals surface area (Å²) in [6.07, 6.45) is 4.17. The van der Waals surface area contributed by atoms with E-state index in [0.29, 0.717) is 30.0 Å². The number of anilines is 1. The van der Waals surface area contributed by atoms with E-state index in [2.05, 4.69) is 15.6 Å². The first-order valence-electron chi connectivity index (χ1n) is 12.5. The molecule has 2 fully saturated rings. The van der Waals surface area contributed by atoms with E-state index >= 15 is 0 Å². The summed E-state index contributed by atoms with van der Waals surface area (Å²) in [4.78, 5) is 47.1. The lowest BCUT2D eigenvalue weighted by Gasteiger charge is -2.25. The Labute approximate surface area is 211 Å². The molecule has 36 heavy (non-hydrogen) atoms. The van der Waals surface area contributed by atoms with Gasteiger partial charge in [-0.2, -0.15) is 0 Å². The average Bonchev–Trinajstić information content (AvgIpc) is 3.40. The van der Waals surface area contributed by atoms with Gasteiger partial charge in [0.1, 0.15) is 11.8 Å². The van der Waals surface area contributed by atoms with E-state index < -0.39 is 6.04 Å². The Morgan fingerprint density at radius 3 is 2.36 bits per heavy atom. The molecular weight excluding hydrogens is 458 g/mol. The fourth-order valence-electron chi connectivity index (χ4n) is 4.42. The van der Waals surface area contributed by atoms with Crippen molar-refractivity contribution in [1.82, 2.24) is 15.1 Å². The van der Waals surface area contributed by atoms with Gasteiger partial charge in [-0.1, -0.05) is 18.2 Å². The number of likely N-dealkylation sites (tertiary alicyclic amines) is 2. The maximum Gasteiger partial charge on any atom is 0.257 e. The zero-order valence-electron chi connectivity index (χ0n) is 20.6. The predicted octanol–water partition coefficient (Wildman–Crippen LogP) is 2.90. The molecule has 190 valence electrons. The van der Waals surface area contributed by atoms with E-state index in [1.165, 1.54) is 0 Å². The van der Waals surface area contributed by atoms with Crippen molar-refractivity contribution in [2.45, 2.75) is 38.1 Å². The van der Waals surface area contributed by atoms with Gasteiger partial charge < -0.3 is 19.9 Å². The van der Waals surface area contributed by atoms with Crippen molar-refractivity contribution in [3.05, 3.63) is 60.2 Å². The standard InChI is InChI=1S/C27H33N5O4/c1-36-22-14-12-21(13-15-22)28-27(30-25(34)20-9-3-2-4-10-20)29-23-11-5-6-18-32(26(23)35)19-24(33)31-16-7-8-17-31/h2-4,9-10,12-15,23H,5-8,11,16-19H2,1H3,(H2,28,29,30,34)/t23-/m0/s1. The lowest BCUT2D eigenvalue weighted by atomic mass is 10.1. The fourth-order valence-corrected chi connectivity index (χ4v) is 4.42. The molecule has 1 atom stereocenters. The zero-order chi connectivity index (χ0) is 25.3. The summed E-state index contributed by atoms with van der Waals surface area (Å²) in [7, 11) is 1.59. The number of aliphatic imine (C=N–C) groups is 1. The summed E-state index contributed by atoms with van der Waals surface area (Å²) in [6, 6.07) is 15.3. The Morgan fingerprint density at radius 1 is 0.972 bits per heavy atom. The lowest BCUT2D eigenvalue weighted by Crippen LogP contribution is -2.45. The second kappa shape index (κ2) is 12.2. The zero-order valence-corrected chi connectivity index (χ0v) is 20.6. The van der Waals surface area contributed by atoms with Gasteiger partial charge in [0.05, 0.1) is 13.7 Å².